The van der Waals surface area contributed by atoms with Crippen molar-refractivity contribution in [2.24, 2.45) is 0 Å². The Morgan fingerprint density at radius 1 is 0.649 bits per heavy atom. The molecule has 0 N–H and O–H groups in total. The largest absolute Gasteiger partial charge is 0.489 e. The zero-order chi connectivity index (χ0) is 25.8. The van der Waals surface area contributed by atoms with E-state index in [1.54, 1.807) is 91.0 Å². The van der Waals surface area contributed by atoms with E-state index < -0.39 is 17.8 Å². The highest BCUT2D eigenvalue weighted by molar-refractivity contribution is 6.46. The first-order valence-electron chi connectivity index (χ1n) is 11.5. The number of rotatable bonds is 6. The van der Waals surface area contributed by atoms with Crippen LogP contribution < -0.4 is 14.5 Å². The van der Waals surface area contributed by atoms with Crippen LogP contribution in [-0.2, 0) is 16.2 Å². The lowest BCUT2D eigenvalue weighted by atomic mass is 10.0. The number of ether oxygens (including phenoxy) is 1. The van der Waals surface area contributed by atoms with E-state index in [9.17, 15) is 14.4 Å². The average Bonchev–Trinajstić information content (AvgIpc) is 2.93. The Balaban J connectivity index is 1.45. The maximum absolute atomic E-state index is 13.4. The maximum Gasteiger partial charge on any atom is 0.343 e. The molecule has 0 saturated carbocycles. The highest BCUT2D eigenvalue weighted by atomic mass is 35.5. The summed E-state index contributed by atoms with van der Waals surface area (Å²) in [4.78, 5) is 42.3. The van der Waals surface area contributed by atoms with Gasteiger partial charge >= 0.3 is 6.03 Å². The first kappa shape index (κ1) is 24.0. The Hall–Kier alpha value is -4.68. The van der Waals surface area contributed by atoms with E-state index in [1.165, 1.54) is 6.08 Å². The third-order valence-corrected chi connectivity index (χ3v) is 6.19. The zero-order valence-electron chi connectivity index (χ0n) is 19.6. The summed E-state index contributed by atoms with van der Waals surface area (Å²) >= 11 is 6.19. The van der Waals surface area contributed by atoms with Gasteiger partial charge in [-0.1, -0.05) is 78.3 Å². The molecule has 0 radical (unpaired) electrons. The van der Waals surface area contributed by atoms with Gasteiger partial charge in [0, 0.05) is 10.6 Å². The van der Waals surface area contributed by atoms with Gasteiger partial charge < -0.3 is 4.74 Å². The Morgan fingerprint density at radius 2 is 1.16 bits per heavy atom. The molecule has 1 aliphatic heterocycles. The number of urea groups is 1. The number of carbonyl (C=O) groups excluding carboxylic acids is 3. The fourth-order valence-corrected chi connectivity index (χ4v) is 4.13. The summed E-state index contributed by atoms with van der Waals surface area (Å²) in [6.45, 7) is 0.303. The third-order valence-electron chi connectivity index (χ3n) is 5.82. The quantitative estimate of drug-likeness (QED) is 0.220. The summed E-state index contributed by atoms with van der Waals surface area (Å²) in [7, 11) is 0. The number of anilines is 2. The van der Waals surface area contributed by atoms with Crippen molar-refractivity contribution in [1.82, 2.24) is 0 Å². The normalized spacial score (nSPS) is 13.6. The summed E-state index contributed by atoms with van der Waals surface area (Å²) in [5, 5.41) is 0.624. The van der Waals surface area contributed by atoms with Crippen LogP contribution >= 0.6 is 11.6 Å². The highest BCUT2D eigenvalue weighted by Crippen LogP contribution is 2.30. The summed E-state index contributed by atoms with van der Waals surface area (Å²) in [5.74, 6) is -0.768. The number of hydrogen-bond donors (Lipinski definition) is 0. The second-order valence-corrected chi connectivity index (χ2v) is 8.65. The number of para-hydroxylation sites is 2. The van der Waals surface area contributed by atoms with Crippen LogP contribution in [0.3, 0.4) is 0 Å². The summed E-state index contributed by atoms with van der Waals surface area (Å²) in [5.41, 5.74) is 2.09. The molecule has 0 bridgehead atoms. The third kappa shape index (κ3) is 5.01. The van der Waals surface area contributed by atoms with Crippen LogP contribution in [0.25, 0.3) is 6.08 Å². The van der Waals surface area contributed by atoms with Gasteiger partial charge in [-0.2, -0.15) is 0 Å². The van der Waals surface area contributed by atoms with E-state index in [0.29, 0.717) is 34.3 Å². The molecule has 1 saturated heterocycles. The van der Waals surface area contributed by atoms with Crippen LogP contribution in [0.2, 0.25) is 5.02 Å². The van der Waals surface area contributed by atoms with Crippen LogP contribution in [0.5, 0.6) is 5.75 Å². The molecule has 37 heavy (non-hydrogen) atoms. The number of imide groups is 2. The van der Waals surface area contributed by atoms with Gasteiger partial charge in [-0.3, -0.25) is 9.59 Å². The molecule has 0 unspecified atom stereocenters. The number of halogens is 1. The molecule has 5 rings (SSSR count). The molecule has 182 valence electrons. The average molecular weight is 509 g/mol. The number of nitrogens with zero attached hydrogens (tertiary/aromatic N) is 2. The first-order chi connectivity index (χ1) is 18.0. The monoisotopic (exact) mass is 508 g/mol. The van der Waals surface area contributed by atoms with E-state index in [2.05, 4.69) is 0 Å². The second kappa shape index (κ2) is 10.5. The van der Waals surface area contributed by atoms with Crippen molar-refractivity contribution in [3.63, 3.8) is 0 Å². The zero-order valence-corrected chi connectivity index (χ0v) is 20.3. The Morgan fingerprint density at radius 3 is 1.70 bits per heavy atom. The van der Waals surface area contributed by atoms with Crippen LogP contribution in [0.15, 0.2) is 115 Å². The maximum atomic E-state index is 13.4. The SMILES string of the molecule is O=C1C(=Cc2ccc(OCc3ccccc3Cl)cc2)C(=O)N(c2ccccc2)C(=O)N1c1ccccc1. The topological polar surface area (TPSA) is 66.9 Å². The predicted molar refractivity (Wildman–Crippen MR) is 143 cm³/mol. The summed E-state index contributed by atoms with van der Waals surface area (Å²) in [6.07, 6.45) is 1.49. The molecule has 0 atom stereocenters. The molecule has 1 heterocycles. The van der Waals surface area contributed by atoms with Gasteiger partial charge in [-0.05, 0) is 54.1 Å². The Labute approximate surface area is 219 Å². The molecular formula is C30H21ClN2O4. The van der Waals surface area contributed by atoms with Crippen LogP contribution in [0.1, 0.15) is 11.1 Å². The Kier molecular flexibility index (Phi) is 6.83. The van der Waals surface area contributed by atoms with E-state index in [1.807, 2.05) is 18.2 Å². The minimum atomic E-state index is -0.729. The lowest BCUT2D eigenvalue weighted by Gasteiger charge is -2.33. The number of barbiturate groups is 1. The van der Waals surface area contributed by atoms with Gasteiger partial charge in [0.25, 0.3) is 11.8 Å². The molecular weight excluding hydrogens is 488 g/mol. The molecule has 4 aromatic rings. The standard InChI is InChI=1S/C30H21ClN2O4/c31-27-14-8-7-9-22(27)20-37-25-17-15-21(16-18-25)19-26-28(34)32(23-10-3-1-4-11-23)30(36)33(29(26)35)24-12-5-2-6-13-24/h1-19H,20H2. The number of benzene rings is 4. The van der Waals surface area contributed by atoms with Crippen molar-refractivity contribution in [2.75, 3.05) is 9.80 Å². The lowest BCUT2D eigenvalue weighted by molar-refractivity contribution is -0.121. The van der Waals surface area contributed by atoms with Gasteiger partial charge in [0.05, 0.1) is 11.4 Å². The highest BCUT2D eigenvalue weighted by Gasteiger charge is 2.43. The van der Waals surface area contributed by atoms with Crippen LogP contribution in [-0.4, -0.2) is 17.8 Å². The smallest absolute Gasteiger partial charge is 0.343 e. The van der Waals surface area contributed by atoms with Crippen molar-refractivity contribution in [1.29, 1.82) is 0 Å². The molecule has 6 nitrogen and oxygen atoms in total. The van der Waals surface area contributed by atoms with E-state index in [-0.39, 0.29) is 5.57 Å². The fourth-order valence-electron chi connectivity index (χ4n) is 3.94. The number of amides is 4. The van der Waals surface area contributed by atoms with E-state index in [4.69, 9.17) is 16.3 Å². The molecule has 1 fully saturated rings. The summed E-state index contributed by atoms with van der Waals surface area (Å²) < 4.78 is 5.82. The number of hydrogen-bond acceptors (Lipinski definition) is 4. The van der Waals surface area contributed by atoms with Crippen LogP contribution in [0, 0.1) is 0 Å². The molecule has 4 aromatic carbocycles. The van der Waals surface area contributed by atoms with Gasteiger partial charge in [-0.25, -0.2) is 14.6 Å². The molecule has 4 amide bonds. The molecule has 7 heteroatoms. The van der Waals surface area contributed by atoms with Crippen molar-refractivity contribution in [3.8, 4) is 5.75 Å². The van der Waals surface area contributed by atoms with Crippen molar-refractivity contribution >= 4 is 46.9 Å². The molecule has 0 spiro atoms. The minimum absolute atomic E-state index is 0.128. The van der Waals surface area contributed by atoms with Crippen molar-refractivity contribution in [2.45, 2.75) is 6.61 Å². The lowest BCUT2D eigenvalue weighted by Crippen LogP contribution is -2.57. The van der Waals surface area contributed by atoms with Gasteiger partial charge in [0.1, 0.15) is 17.9 Å². The summed E-state index contributed by atoms with van der Waals surface area (Å²) in [6, 6.07) is 30.8. The van der Waals surface area contributed by atoms with Gasteiger partial charge in [-0.15, -0.1) is 0 Å². The fraction of sp³-hybridized carbons (Fsp3) is 0.0333. The first-order valence-corrected chi connectivity index (χ1v) is 11.9. The van der Waals surface area contributed by atoms with Gasteiger partial charge in [0.15, 0.2) is 0 Å². The van der Waals surface area contributed by atoms with Crippen molar-refractivity contribution in [3.05, 3.63) is 131 Å². The Bertz CT molecular complexity index is 1420. The number of carbonyl (C=O) groups is 3. The van der Waals surface area contributed by atoms with Crippen LogP contribution in [0.4, 0.5) is 16.2 Å². The van der Waals surface area contributed by atoms with E-state index >= 15 is 0 Å². The molecule has 0 aromatic heterocycles. The van der Waals surface area contributed by atoms with E-state index in [0.717, 1.165) is 15.4 Å². The van der Waals surface area contributed by atoms with Gasteiger partial charge in [0.2, 0.25) is 0 Å². The minimum Gasteiger partial charge on any atom is -0.489 e. The molecule has 0 aliphatic carbocycles. The second-order valence-electron chi connectivity index (χ2n) is 8.24. The molecule has 1 aliphatic rings. The van der Waals surface area contributed by atoms with Crippen molar-refractivity contribution < 1.29 is 19.1 Å². The predicted octanol–water partition coefficient (Wildman–Crippen LogP) is 6.50.